The van der Waals surface area contributed by atoms with Crippen molar-refractivity contribution in [2.75, 3.05) is 0 Å². The number of carbonyl (C=O) groups is 1. The zero-order valence-electron chi connectivity index (χ0n) is 13.3. The monoisotopic (exact) mass is 356 g/mol. The summed E-state index contributed by atoms with van der Waals surface area (Å²) in [6.07, 6.45) is -1.49. The van der Waals surface area contributed by atoms with E-state index in [4.69, 9.17) is 0 Å². The first-order valence-electron chi connectivity index (χ1n) is 7.37. The Hall–Kier alpha value is -2.06. The first kappa shape index (κ1) is 18.3. The minimum atomic E-state index is -1.51. The molecule has 130 valence electrons. The van der Waals surface area contributed by atoms with Gasteiger partial charge in [0.1, 0.15) is 17.7 Å². The molecule has 2 aromatic rings. The maximum atomic E-state index is 13.7. The molecule has 0 aliphatic heterocycles. The third-order valence-electron chi connectivity index (χ3n) is 3.70. The van der Waals surface area contributed by atoms with Crippen molar-refractivity contribution < 1.29 is 18.7 Å². The van der Waals surface area contributed by atoms with Crippen molar-refractivity contribution in [1.82, 2.24) is 9.88 Å². The lowest BCUT2D eigenvalue weighted by Crippen LogP contribution is -2.38. The summed E-state index contributed by atoms with van der Waals surface area (Å²) < 4.78 is 28.8. The van der Waals surface area contributed by atoms with E-state index in [1.54, 1.807) is 12.3 Å². The highest BCUT2D eigenvalue weighted by Gasteiger charge is 2.24. The lowest BCUT2D eigenvalue weighted by atomic mass is 10.0. The molecule has 1 heterocycles. The summed E-state index contributed by atoms with van der Waals surface area (Å²) in [6, 6.07) is 2.40. The van der Waals surface area contributed by atoms with Crippen LogP contribution in [0.4, 0.5) is 8.78 Å². The molecule has 0 bridgehead atoms. The number of nitrogens with one attached hydrogen (secondary N) is 1. The molecule has 0 fully saturated rings. The fourth-order valence-corrected chi connectivity index (χ4v) is 3.10. The van der Waals surface area contributed by atoms with Gasteiger partial charge in [-0.1, -0.05) is 17.4 Å². The predicted molar refractivity (Wildman–Crippen MR) is 86.9 cm³/mol. The van der Waals surface area contributed by atoms with Crippen LogP contribution in [0.5, 0.6) is 0 Å². The number of carbonyl (C=O) groups excluding carboxylic acids is 1. The van der Waals surface area contributed by atoms with E-state index in [1.807, 2.05) is 0 Å². The Kier molecular flexibility index (Phi) is 5.84. The number of aliphatic hydroxyl groups excluding tert-OH is 1. The van der Waals surface area contributed by atoms with Crippen molar-refractivity contribution in [1.29, 1.82) is 0 Å². The summed E-state index contributed by atoms with van der Waals surface area (Å²) in [5.41, 5.74) is 0.287. The second-order valence-electron chi connectivity index (χ2n) is 5.48. The molecule has 2 N–H and O–H groups in total. The Balaban J connectivity index is 1.97. The minimum absolute atomic E-state index is 0.0221. The largest absolute Gasteiger partial charge is 0.386 e. The van der Waals surface area contributed by atoms with Gasteiger partial charge in [0.15, 0.2) is 0 Å². The van der Waals surface area contributed by atoms with E-state index in [9.17, 15) is 23.5 Å². The Morgan fingerprint density at radius 3 is 2.54 bits per heavy atom. The number of hydrogen-bond donors (Lipinski definition) is 2. The van der Waals surface area contributed by atoms with Gasteiger partial charge in [-0.3, -0.25) is 9.59 Å². The van der Waals surface area contributed by atoms with E-state index in [-0.39, 0.29) is 17.8 Å². The first-order chi connectivity index (χ1) is 11.3. The van der Waals surface area contributed by atoms with Gasteiger partial charge in [-0.2, -0.15) is 0 Å². The van der Waals surface area contributed by atoms with E-state index in [2.05, 4.69) is 5.32 Å². The van der Waals surface area contributed by atoms with Crippen LogP contribution in [0.3, 0.4) is 0 Å². The number of halogens is 2. The van der Waals surface area contributed by atoms with Crippen LogP contribution >= 0.6 is 11.3 Å². The van der Waals surface area contributed by atoms with E-state index in [0.717, 1.165) is 29.2 Å². The Labute approximate surface area is 141 Å². The summed E-state index contributed by atoms with van der Waals surface area (Å²) in [7, 11) is 0. The molecule has 0 radical (unpaired) electrons. The smallest absolute Gasteiger partial charge is 0.307 e. The van der Waals surface area contributed by atoms with Crippen molar-refractivity contribution in [3.8, 4) is 0 Å². The second kappa shape index (κ2) is 7.67. The molecule has 0 spiro atoms. The molecule has 2 rings (SSSR count). The maximum Gasteiger partial charge on any atom is 0.307 e. The van der Waals surface area contributed by atoms with E-state index in [1.165, 1.54) is 17.6 Å². The minimum Gasteiger partial charge on any atom is -0.386 e. The molecule has 1 aromatic carbocycles. The van der Waals surface area contributed by atoms with Gasteiger partial charge in [0.25, 0.3) is 0 Å². The van der Waals surface area contributed by atoms with E-state index in [0.29, 0.717) is 0 Å². The van der Waals surface area contributed by atoms with Gasteiger partial charge in [-0.15, -0.1) is 0 Å². The van der Waals surface area contributed by atoms with Crippen molar-refractivity contribution in [3.05, 3.63) is 56.1 Å². The van der Waals surface area contributed by atoms with Crippen LogP contribution in [0, 0.1) is 18.6 Å². The highest BCUT2D eigenvalue weighted by molar-refractivity contribution is 7.07. The number of aliphatic hydroxyl groups is 1. The molecule has 2 atom stereocenters. The molecule has 24 heavy (non-hydrogen) atoms. The molecule has 1 aromatic heterocycles. The Bertz CT molecular complexity index is 768. The van der Waals surface area contributed by atoms with Crippen LogP contribution in [0.15, 0.2) is 28.4 Å². The van der Waals surface area contributed by atoms with E-state index >= 15 is 0 Å². The van der Waals surface area contributed by atoms with Gasteiger partial charge in [0, 0.05) is 24.0 Å². The summed E-state index contributed by atoms with van der Waals surface area (Å²) in [5.74, 6) is -2.16. The quantitative estimate of drug-likeness (QED) is 0.833. The summed E-state index contributed by atoms with van der Waals surface area (Å²) >= 11 is 1.05. The van der Waals surface area contributed by atoms with Crippen LogP contribution in [-0.4, -0.2) is 21.6 Å². The van der Waals surface area contributed by atoms with Crippen LogP contribution in [0.25, 0.3) is 0 Å². The lowest BCUT2D eigenvalue weighted by molar-refractivity contribution is -0.122. The highest BCUT2D eigenvalue weighted by atomic mass is 32.1. The fourth-order valence-electron chi connectivity index (χ4n) is 2.34. The highest BCUT2D eigenvalue weighted by Crippen LogP contribution is 2.23. The second-order valence-corrected chi connectivity index (χ2v) is 6.30. The molecule has 0 aliphatic carbocycles. The number of benzene rings is 1. The average Bonchev–Trinajstić information content (AvgIpc) is 2.83. The number of aromatic nitrogens is 1. The Morgan fingerprint density at radius 2 is 2.00 bits per heavy atom. The molecular formula is C16H18F2N2O3S. The normalized spacial score (nSPS) is 13.5. The van der Waals surface area contributed by atoms with Gasteiger partial charge < -0.3 is 15.0 Å². The molecule has 8 heteroatoms. The van der Waals surface area contributed by atoms with E-state index < -0.39 is 35.3 Å². The fraction of sp³-hybridized carbons (Fsp3) is 0.375. The molecule has 1 amide bonds. The summed E-state index contributed by atoms with van der Waals surface area (Å²) in [6.45, 7) is 3.43. The Morgan fingerprint density at radius 1 is 1.38 bits per heavy atom. The van der Waals surface area contributed by atoms with Gasteiger partial charge >= 0.3 is 4.87 Å². The SMILES string of the molecule is Cc1csc(=O)n1CCC(=O)N[C@H](C)[C@@H](O)c1c(F)cccc1F. The number of aryl methyl sites for hydroxylation is 1. The number of thiazole rings is 1. The number of amides is 1. The van der Waals surface area contributed by atoms with Gasteiger partial charge in [0.2, 0.25) is 5.91 Å². The van der Waals surface area contributed by atoms with Crippen LogP contribution < -0.4 is 10.2 Å². The number of hydrogen-bond acceptors (Lipinski definition) is 4. The summed E-state index contributed by atoms with van der Waals surface area (Å²) in [4.78, 5) is 23.4. The molecular weight excluding hydrogens is 338 g/mol. The first-order valence-corrected chi connectivity index (χ1v) is 8.25. The number of nitrogens with zero attached hydrogens (tertiary/aromatic N) is 1. The average molecular weight is 356 g/mol. The zero-order valence-corrected chi connectivity index (χ0v) is 14.1. The lowest BCUT2D eigenvalue weighted by Gasteiger charge is -2.21. The van der Waals surface area contributed by atoms with Crippen molar-refractivity contribution in [2.45, 2.75) is 39.0 Å². The topological polar surface area (TPSA) is 71.3 Å². The van der Waals surface area contributed by atoms with Crippen molar-refractivity contribution in [3.63, 3.8) is 0 Å². The zero-order chi connectivity index (χ0) is 17.9. The van der Waals surface area contributed by atoms with Crippen LogP contribution in [0.2, 0.25) is 0 Å². The van der Waals surface area contributed by atoms with Crippen molar-refractivity contribution >= 4 is 17.2 Å². The molecule has 0 saturated heterocycles. The molecule has 0 aliphatic rings. The van der Waals surface area contributed by atoms with Crippen LogP contribution in [0.1, 0.15) is 30.7 Å². The summed E-state index contributed by atoms with van der Waals surface area (Å²) in [5, 5.41) is 14.3. The van der Waals surface area contributed by atoms with Gasteiger partial charge in [-0.25, -0.2) is 8.78 Å². The molecule has 5 nitrogen and oxygen atoms in total. The third kappa shape index (κ3) is 4.07. The number of rotatable bonds is 6. The predicted octanol–water partition coefficient (Wildman–Crippen LogP) is 2.12. The van der Waals surface area contributed by atoms with Gasteiger partial charge in [0.05, 0.1) is 11.6 Å². The van der Waals surface area contributed by atoms with Crippen LogP contribution in [-0.2, 0) is 11.3 Å². The van der Waals surface area contributed by atoms with Crippen molar-refractivity contribution in [2.24, 2.45) is 0 Å². The molecule has 0 unspecified atom stereocenters. The standard InChI is InChI=1S/C16H18F2N2O3S/c1-9-8-24-16(23)20(9)7-6-13(21)19-10(2)15(22)14-11(17)4-3-5-12(14)18/h3-5,8,10,15,22H,6-7H2,1-2H3,(H,19,21)/t10-,15-/m1/s1. The third-order valence-corrected chi connectivity index (χ3v) is 4.58. The van der Waals surface area contributed by atoms with Gasteiger partial charge in [-0.05, 0) is 26.0 Å². The molecule has 0 saturated carbocycles. The maximum absolute atomic E-state index is 13.7.